The molecule has 1 aliphatic carbocycles. The third-order valence-electron chi connectivity index (χ3n) is 3.65. The Morgan fingerprint density at radius 1 is 1.22 bits per heavy atom. The highest BCUT2D eigenvalue weighted by atomic mass is 16.3. The summed E-state index contributed by atoms with van der Waals surface area (Å²) in [7, 11) is 0. The van der Waals surface area contributed by atoms with Crippen LogP contribution in [-0.4, -0.2) is 29.4 Å². The molecule has 1 fully saturated rings. The number of rotatable bonds is 7. The molecule has 1 aliphatic rings. The molecule has 4 nitrogen and oxygen atoms in total. The Hall–Kier alpha value is -0.900. The first-order valence-electron chi connectivity index (χ1n) is 7.14. The fourth-order valence-electron chi connectivity index (χ4n) is 2.60. The average Bonchev–Trinajstić information content (AvgIpc) is 2.39. The standard InChI is InChI=1S/C14H25NO3/c1-2-6-12(9-10-16)15-14(18)13(17)11-7-4-3-5-8-11/h11-12,16H,2-10H2,1H3,(H,15,18). The molecule has 0 aromatic carbocycles. The van der Waals surface area contributed by atoms with Gasteiger partial charge in [-0.1, -0.05) is 32.6 Å². The zero-order chi connectivity index (χ0) is 13.4. The number of hydrogen-bond donors (Lipinski definition) is 2. The number of hydrogen-bond acceptors (Lipinski definition) is 3. The number of ketones is 1. The first kappa shape index (κ1) is 15.2. The summed E-state index contributed by atoms with van der Waals surface area (Å²) >= 11 is 0. The molecule has 1 saturated carbocycles. The van der Waals surface area contributed by atoms with E-state index in [4.69, 9.17) is 5.11 Å². The second kappa shape index (κ2) is 8.25. The SMILES string of the molecule is CCCC(CCO)NC(=O)C(=O)C1CCCCC1. The first-order chi connectivity index (χ1) is 8.69. The lowest BCUT2D eigenvalue weighted by atomic mass is 9.86. The van der Waals surface area contributed by atoms with Crippen molar-refractivity contribution in [2.75, 3.05) is 6.61 Å². The summed E-state index contributed by atoms with van der Waals surface area (Å²) < 4.78 is 0. The van der Waals surface area contributed by atoms with E-state index in [2.05, 4.69) is 5.32 Å². The van der Waals surface area contributed by atoms with Gasteiger partial charge in [-0.2, -0.15) is 0 Å². The molecule has 0 radical (unpaired) electrons. The van der Waals surface area contributed by atoms with Gasteiger partial charge in [0.05, 0.1) is 0 Å². The van der Waals surface area contributed by atoms with Crippen molar-refractivity contribution in [2.45, 2.75) is 64.3 Å². The number of amides is 1. The maximum atomic E-state index is 12.0. The molecular formula is C14H25NO3. The highest BCUT2D eigenvalue weighted by Gasteiger charge is 2.27. The van der Waals surface area contributed by atoms with Gasteiger partial charge in [-0.25, -0.2) is 0 Å². The van der Waals surface area contributed by atoms with E-state index in [1.54, 1.807) is 0 Å². The van der Waals surface area contributed by atoms with Crippen molar-refractivity contribution in [1.82, 2.24) is 5.32 Å². The summed E-state index contributed by atoms with van der Waals surface area (Å²) in [5.41, 5.74) is 0. The zero-order valence-corrected chi connectivity index (χ0v) is 11.3. The normalized spacial score (nSPS) is 18.3. The molecule has 1 atom stereocenters. The van der Waals surface area contributed by atoms with Gasteiger partial charge in [-0.15, -0.1) is 0 Å². The Morgan fingerprint density at radius 2 is 1.89 bits per heavy atom. The van der Waals surface area contributed by atoms with Gasteiger partial charge in [0.15, 0.2) is 0 Å². The molecule has 4 heteroatoms. The Balaban J connectivity index is 2.43. The molecular weight excluding hydrogens is 230 g/mol. The van der Waals surface area contributed by atoms with Gasteiger partial charge < -0.3 is 10.4 Å². The Bertz CT molecular complexity index is 266. The predicted molar refractivity (Wildman–Crippen MR) is 70.1 cm³/mol. The van der Waals surface area contributed by atoms with Crippen LogP contribution in [0.3, 0.4) is 0 Å². The van der Waals surface area contributed by atoms with Crippen LogP contribution in [0.4, 0.5) is 0 Å². The summed E-state index contributed by atoms with van der Waals surface area (Å²) in [5, 5.41) is 11.7. The van der Waals surface area contributed by atoms with Crippen LogP contribution in [0.25, 0.3) is 0 Å². The molecule has 0 aliphatic heterocycles. The molecule has 0 spiro atoms. The van der Waals surface area contributed by atoms with E-state index in [1.165, 1.54) is 6.42 Å². The zero-order valence-electron chi connectivity index (χ0n) is 11.3. The monoisotopic (exact) mass is 255 g/mol. The second-order valence-corrected chi connectivity index (χ2v) is 5.17. The number of carbonyl (C=O) groups excluding carboxylic acids is 2. The maximum absolute atomic E-state index is 12.0. The number of aliphatic hydroxyl groups excluding tert-OH is 1. The van der Waals surface area contributed by atoms with Gasteiger partial charge in [-0.05, 0) is 25.7 Å². The van der Waals surface area contributed by atoms with Crippen LogP contribution < -0.4 is 5.32 Å². The fraction of sp³-hybridized carbons (Fsp3) is 0.857. The van der Waals surface area contributed by atoms with Crippen molar-refractivity contribution in [2.24, 2.45) is 5.92 Å². The van der Waals surface area contributed by atoms with Crippen LogP contribution in [0.15, 0.2) is 0 Å². The topological polar surface area (TPSA) is 66.4 Å². The largest absolute Gasteiger partial charge is 0.396 e. The van der Waals surface area contributed by atoms with Gasteiger partial charge in [0.1, 0.15) is 0 Å². The minimum Gasteiger partial charge on any atom is -0.396 e. The van der Waals surface area contributed by atoms with E-state index >= 15 is 0 Å². The van der Waals surface area contributed by atoms with Crippen molar-refractivity contribution >= 4 is 11.7 Å². The molecule has 2 N–H and O–H groups in total. The molecule has 1 amide bonds. The number of nitrogens with one attached hydrogen (secondary N) is 1. The molecule has 18 heavy (non-hydrogen) atoms. The lowest BCUT2D eigenvalue weighted by molar-refractivity contribution is -0.141. The highest BCUT2D eigenvalue weighted by Crippen LogP contribution is 2.24. The van der Waals surface area contributed by atoms with Crippen molar-refractivity contribution in [3.8, 4) is 0 Å². The van der Waals surface area contributed by atoms with Crippen LogP contribution in [0.1, 0.15) is 58.3 Å². The summed E-state index contributed by atoms with van der Waals surface area (Å²) in [6.07, 6.45) is 7.26. The molecule has 1 unspecified atom stereocenters. The third-order valence-corrected chi connectivity index (χ3v) is 3.65. The van der Waals surface area contributed by atoms with Crippen LogP contribution in [0.2, 0.25) is 0 Å². The minimum absolute atomic E-state index is 0.0442. The summed E-state index contributed by atoms with van der Waals surface area (Å²) in [5.74, 6) is -0.780. The highest BCUT2D eigenvalue weighted by molar-refractivity contribution is 6.37. The predicted octanol–water partition coefficient (Wildman–Crippen LogP) is 1.80. The average molecular weight is 255 g/mol. The van der Waals surface area contributed by atoms with Gasteiger partial charge in [-0.3, -0.25) is 9.59 Å². The Morgan fingerprint density at radius 3 is 2.44 bits per heavy atom. The van der Waals surface area contributed by atoms with Crippen molar-refractivity contribution < 1.29 is 14.7 Å². The Kier molecular flexibility index (Phi) is 6.94. The number of aliphatic hydroxyl groups is 1. The molecule has 0 heterocycles. The minimum atomic E-state index is -0.450. The number of Topliss-reactive ketones (excluding diaryl/α,β-unsaturated/α-hetero) is 1. The third kappa shape index (κ3) is 4.77. The van der Waals surface area contributed by atoms with Crippen LogP contribution in [-0.2, 0) is 9.59 Å². The Labute approximate surface area is 109 Å². The molecule has 0 aromatic heterocycles. The van der Waals surface area contributed by atoms with E-state index in [-0.39, 0.29) is 24.3 Å². The van der Waals surface area contributed by atoms with Crippen LogP contribution in [0, 0.1) is 5.92 Å². The number of carbonyl (C=O) groups is 2. The van der Waals surface area contributed by atoms with Gasteiger partial charge in [0.2, 0.25) is 5.78 Å². The van der Waals surface area contributed by atoms with Gasteiger partial charge in [0, 0.05) is 18.6 Å². The summed E-state index contributed by atoms with van der Waals surface area (Å²) in [6.45, 7) is 2.07. The van der Waals surface area contributed by atoms with E-state index in [9.17, 15) is 9.59 Å². The molecule has 1 rings (SSSR count). The van der Waals surface area contributed by atoms with E-state index in [1.807, 2.05) is 6.92 Å². The van der Waals surface area contributed by atoms with Gasteiger partial charge >= 0.3 is 0 Å². The quantitative estimate of drug-likeness (QED) is 0.682. The van der Waals surface area contributed by atoms with E-state index in [0.29, 0.717) is 6.42 Å². The molecule has 0 bridgehead atoms. The second-order valence-electron chi connectivity index (χ2n) is 5.17. The lowest BCUT2D eigenvalue weighted by Gasteiger charge is -2.22. The van der Waals surface area contributed by atoms with E-state index in [0.717, 1.165) is 38.5 Å². The smallest absolute Gasteiger partial charge is 0.287 e. The lowest BCUT2D eigenvalue weighted by Crippen LogP contribution is -2.42. The summed E-state index contributed by atoms with van der Waals surface area (Å²) in [6, 6.07) is -0.0694. The summed E-state index contributed by atoms with van der Waals surface area (Å²) in [4.78, 5) is 23.8. The van der Waals surface area contributed by atoms with Crippen molar-refractivity contribution in [1.29, 1.82) is 0 Å². The fourth-order valence-corrected chi connectivity index (χ4v) is 2.60. The first-order valence-corrected chi connectivity index (χ1v) is 7.14. The molecule has 0 saturated heterocycles. The maximum Gasteiger partial charge on any atom is 0.287 e. The van der Waals surface area contributed by atoms with Crippen molar-refractivity contribution in [3.05, 3.63) is 0 Å². The van der Waals surface area contributed by atoms with Crippen molar-refractivity contribution in [3.63, 3.8) is 0 Å². The van der Waals surface area contributed by atoms with Gasteiger partial charge in [0.25, 0.3) is 5.91 Å². The molecule has 0 aromatic rings. The molecule has 104 valence electrons. The van der Waals surface area contributed by atoms with Crippen LogP contribution in [0.5, 0.6) is 0 Å². The van der Waals surface area contributed by atoms with Crippen LogP contribution >= 0.6 is 0 Å². The van der Waals surface area contributed by atoms with E-state index < -0.39 is 5.91 Å².